The summed E-state index contributed by atoms with van der Waals surface area (Å²) in [5.41, 5.74) is -1.95. The Morgan fingerprint density at radius 3 is 3.00 bits per heavy atom. The van der Waals surface area contributed by atoms with Gasteiger partial charge in [0.1, 0.15) is 34.9 Å². The van der Waals surface area contributed by atoms with Crippen LogP contribution in [0.4, 0.5) is 0 Å². The number of fused-ring (bicyclic) bond motifs is 2. The van der Waals surface area contributed by atoms with E-state index in [1.807, 2.05) is 0 Å². The molecule has 1 aromatic rings. The van der Waals surface area contributed by atoms with Gasteiger partial charge in [-0.1, -0.05) is 6.42 Å². The Hall–Kier alpha value is -1.33. The van der Waals surface area contributed by atoms with E-state index in [9.17, 15) is 15.0 Å². The average molecular weight is 252 g/mol. The summed E-state index contributed by atoms with van der Waals surface area (Å²) in [7, 11) is 0. The molecule has 2 heterocycles. The largest absolute Gasteiger partial charge is 0.487 e. The molecular formula is C13H16O5. The zero-order chi connectivity index (χ0) is 12.9. The van der Waals surface area contributed by atoms with E-state index in [0.29, 0.717) is 24.4 Å². The minimum absolute atomic E-state index is 0.0428. The molecule has 3 atom stereocenters. The van der Waals surface area contributed by atoms with E-state index in [4.69, 9.17) is 9.15 Å². The van der Waals surface area contributed by atoms with Crippen molar-refractivity contribution >= 4 is 0 Å². The van der Waals surface area contributed by atoms with E-state index in [2.05, 4.69) is 0 Å². The van der Waals surface area contributed by atoms with E-state index in [0.717, 1.165) is 12.8 Å². The van der Waals surface area contributed by atoms with Crippen molar-refractivity contribution in [3.05, 3.63) is 27.8 Å². The molecule has 0 amide bonds. The number of aliphatic hydroxyl groups excluding tert-OH is 1. The molecule has 0 unspecified atom stereocenters. The predicted octanol–water partition coefficient (Wildman–Crippen LogP) is 1.05. The molecule has 0 spiro atoms. The summed E-state index contributed by atoms with van der Waals surface area (Å²) in [6.45, 7) is 1.65. The number of ether oxygens (including phenoxy) is 1. The van der Waals surface area contributed by atoms with Gasteiger partial charge in [-0.15, -0.1) is 0 Å². The molecule has 1 saturated carbocycles. The van der Waals surface area contributed by atoms with Crippen molar-refractivity contribution in [1.29, 1.82) is 0 Å². The molecule has 5 heteroatoms. The van der Waals surface area contributed by atoms with Crippen LogP contribution in [-0.4, -0.2) is 21.9 Å². The molecule has 0 aromatic carbocycles. The lowest BCUT2D eigenvalue weighted by Gasteiger charge is -2.46. The van der Waals surface area contributed by atoms with Gasteiger partial charge in [-0.2, -0.15) is 0 Å². The SMILES string of the molecule is Cc1cc2c(c(=O)o1)[C@H](O)[C@@]1(O)CCCC[C@H]1O2. The Bertz CT molecular complexity index is 535. The molecule has 5 nitrogen and oxygen atoms in total. The first-order valence-corrected chi connectivity index (χ1v) is 6.24. The van der Waals surface area contributed by atoms with E-state index in [1.54, 1.807) is 13.0 Å². The van der Waals surface area contributed by atoms with Gasteiger partial charge in [0.15, 0.2) is 0 Å². The molecule has 2 aliphatic rings. The van der Waals surface area contributed by atoms with Crippen LogP contribution in [0.25, 0.3) is 0 Å². The number of hydrogen-bond acceptors (Lipinski definition) is 5. The van der Waals surface area contributed by atoms with Crippen molar-refractivity contribution in [3.63, 3.8) is 0 Å². The van der Waals surface area contributed by atoms with Crippen LogP contribution >= 0.6 is 0 Å². The molecule has 2 N–H and O–H groups in total. The van der Waals surface area contributed by atoms with Gasteiger partial charge in [0, 0.05) is 6.07 Å². The van der Waals surface area contributed by atoms with Gasteiger partial charge >= 0.3 is 5.63 Å². The molecule has 18 heavy (non-hydrogen) atoms. The Morgan fingerprint density at radius 2 is 2.22 bits per heavy atom. The topological polar surface area (TPSA) is 79.9 Å². The highest BCUT2D eigenvalue weighted by Crippen LogP contribution is 2.46. The highest BCUT2D eigenvalue weighted by Gasteiger charge is 2.52. The lowest BCUT2D eigenvalue weighted by atomic mass is 9.74. The number of rotatable bonds is 0. The maximum Gasteiger partial charge on any atom is 0.345 e. The summed E-state index contributed by atoms with van der Waals surface area (Å²) in [5, 5.41) is 20.8. The molecule has 1 aromatic heterocycles. The smallest absolute Gasteiger partial charge is 0.345 e. The normalized spacial score (nSPS) is 34.4. The molecular weight excluding hydrogens is 236 g/mol. The van der Waals surface area contributed by atoms with Gasteiger partial charge in [0.25, 0.3) is 0 Å². The minimum Gasteiger partial charge on any atom is -0.487 e. The van der Waals surface area contributed by atoms with Crippen LogP contribution in [0.2, 0.25) is 0 Å². The average Bonchev–Trinajstić information content (AvgIpc) is 2.30. The molecule has 3 rings (SSSR count). The molecule has 0 radical (unpaired) electrons. The third-order valence-corrected chi connectivity index (χ3v) is 3.94. The van der Waals surface area contributed by atoms with Crippen LogP contribution in [0, 0.1) is 6.92 Å². The quantitative estimate of drug-likeness (QED) is 0.721. The standard InChI is InChI=1S/C13H16O5/c1-7-6-8-10(12(15)17-7)11(14)13(16)5-3-2-4-9(13)18-8/h6,9,11,14,16H,2-5H2,1H3/t9-,11+,13-/m1/s1. The molecule has 1 fully saturated rings. The van der Waals surface area contributed by atoms with Crippen LogP contribution < -0.4 is 10.4 Å². The van der Waals surface area contributed by atoms with E-state index < -0.39 is 23.4 Å². The van der Waals surface area contributed by atoms with Gasteiger partial charge < -0.3 is 19.4 Å². The van der Waals surface area contributed by atoms with Gasteiger partial charge in [-0.25, -0.2) is 4.79 Å². The van der Waals surface area contributed by atoms with Crippen molar-refractivity contribution in [1.82, 2.24) is 0 Å². The molecule has 1 aliphatic carbocycles. The summed E-state index contributed by atoms with van der Waals surface area (Å²) in [6, 6.07) is 1.59. The predicted molar refractivity (Wildman–Crippen MR) is 62.5 cm³/mol. The molecule has 1 aliphatic heterocycles. The van der Waals surface area contributed by atoms with Crippen LogP contribution in [0.5, 0.6) is 5.75 Å². The highest BCUT2D eigenvalue weighted by atomic mass is 16.5. The van der Waals surface area contributed by atoms with Crippen molar-refractivity contribution in [3.8, 4) is 5.75 Å². The first-order chi connectivity index (χ1) is 8.52. The third kappa shape index (κ3) is 1.51. The van der Waals surface area contributed by atoms with Gasteiger partial charge in [0.2, 0.25) is 0 Å². The Balaban J connectivity index is 2.15. The van der Waals surface area contributed by atoms with Gasteiger partial charge in [-0.3, -0.25) is 0 Å². The van der Waals surface area contributed by atoms with Crippen LogP contribution in [0.3, 0.4) is 0 Å². The van der Waals surface area contributed by atoms with E-state index in [-0.39, 0.29) is 5.56 Å². The zero-order valence-electron chi connectivity index (χ0n) is 10.2. The van der Waals surface area contributed by atoms with Crippen molar-refractivity contribution in [2.45, 2.75) is 50.4 Å². The molecule has 98 valence electrons. The maximum absolute atomic E-state index is 11.8. The van der Waals surface area contributed by atoms with E-state index >= 15 is 0 Å². The fourth-order valence-corrected chi connectivity index (χ4v) is 2.96. The van der Waals surface area contributed by atoms with Crippen molar-refractivity contribution < 1.29 is 19.4 Å². The van der Waals surface area contributed by atoms with Gasteiger partial charge in [-0.05, 0) is 26.2 Å². The summed E-state index contributed by atoms with van der Waals surface area (Å²) < 4.78 is 10.7. The maximum atomic E-state index is 11.8. The first-order valence-electron chi connectivity index (χ1n) is 6.24. The minimum atomic E-state index is -1.37. The lowest BCUT2D eigenvalue weighted by Crippen LogP contribution is -2.56. The number of hydrogen-bond donors (Lipinski definition) is 2. The second kappa shape index (κ2) is 3.83. The van der Waals surface area contributed by atoms with Crippen molar-refractivity contribution in [2.75, 3.05) is 0 Å². The summed E-state index contributed by atoms with van der Waals surface area (Å²) in [4.78, 5) is 11.8. The second-order valence-electron chi connectivity index (χ2n) is 5.17. The monoisotopic (exact) mass is 252 g/mol. The Labute approximate surface area is 104 Å². The summed E-state index contributed by atoms with van der Waals surface area (Å²) >= 11 is 0. The Morgan fingerprint density at radius 1 is 1.44 bits per heavy atom. The third-order valence-electron chi connectivity index (χ3n) is 3.94. The first kappa shape index (κ1) is 11.7. The van der Waals surface area contributed by atoms with E-state index in [1.165, 1.54) is 0 Å². The number of aryl methyl sites for hydroxylation is 1. The highest BCUT2D eigenvalue weighted by molar-refractivity contribution is 5.38. The Kier molecular flexibility index (Phi) is 2.50. The fourth-order valence-electron chi connectivity index (χ4n) is 2.96. The zero-order valence-corrected chi connectivity index (χ0v) is 10.2. The summed E-state index contributed by atoms with van der Waals surface area (Å²) in [6.07, 6.45) is 1.21. The van der Waals surface area contributed by atoms with Crippen molar-refractivity contribution in [2.24, 2.45) is 0 Å². The van der Waals surface area contributed by atoms with Crippen LogP contribution in [-0.2, 0) is 0 Å². The number of aliphatic hydroxyl groups is 2. The molecule has 0 bridgehead atoms. The van der Waals surface area contributed by atoms with Crippen LogP contribution in [0.15, 0.2) is 15.3 Å². The second-order valence-corrected chi connectivity index (χ2v) is 5.17. The lowest BCUT2D eigenvalue weighted by molar-refractivity contribution is -0.172. The summed E-state index contributed by atoms with van der Waals surface area (Å²) in [5.74, 6) is 0.778. The fraction of sp³-hybridized carbons (Fsp3) is 0.615. The molecule has 0 saturated heterocycles. The van der Waals surface area contributed by atoms with Crippen LogP contribution in [0.1, 0.15) is 43.1 Å². The van der Waals surface area contributed by atoms with Gasteiger partial charge in [0.05, 0.1) is 0 Å².